The number of nitrogens with zero attached hydrogens (tertiary/aromatic N) is 3. The number of nitrogens with one attached hydrogen (secondary N) is 1. The average Bonchev–Trinajstić information content (AvgIpc) is 3.13. The number of aromatic nitrogens is 3. The first-order valence-corrected chi connectivity index (χ1v) is 7.60. The molecule has 1 aromatic carbocycles. The average molecular weight is 345 g/mol. The van der Waals surface area contributed by atoms with Crippen LogP contribution in [0.1, 0.15) is 16.1 Å². The first kappa shape index (κ1) is 14.8. The molecule has 0 saturated heterocycles. The van der Waals surface area contributed by atoms with Crippen LogP contribution in [0.4, 0.5) is 5.69 Å². The Morgan fingerprint density at radius 3 is 3.00 bits per heavy atom. The first-order chi connectivity index (χ1) is 11.5. The zero-order valence-corrected chi connectivity index (χ0v) is 13.7. The molecular formula is C16H13ClN4O3. The maximum Gasteiger partial charge on any atom is 0.255 e. The highest BCUT2D eigenvalue weighted by molar-refractivity contribution is 6.32. The lowest BCUT2D eigenvalue weighted by Gasteiger charge is -2.07. The van der Waals surface area contributed by atoms with Crippen LogP contribution in [-0.2, 0) is 7.05 Å². The van der Waals surface area contributed by atoms with Crippen molar-refractivity contribution >= 4 is 34.2 Å². The van der Waals surface area contributed by atoms with E-state index in [0.717, 1.165) is 16.7 Å². The van der Waals surface area contributed by atoms with E-state index in [-0.39, 0.29) is 12.7 Å². The number of halogens is 1. The standard InChI is InChI=1S/C16H13ClN4O3/c1-8-11-5-10(6-18-15(11)21(2)20-8)19-16(22)9-3-12(17)14-13(4-9)23-7-24-14/h3-6H,7H2,1-2H3,(H,19,22). The van der Waals surface area contributed by atoms with E-state index in [2.05, 4.69) is 15.4 Å². The number of pyridine rings is 1. The van der Waals surface area contributed by atoms with Crippen LogP contribution in [0, 0.1) is 6.92 Å². The molecule has 0 bridgehead atoms. The minimum Gasteiger partial charge on any atom is -0.454 e. The van der Waals surface area contributed by atoms with Gasteiger partial charge in [0.25, 0.3) is 5.91 Å². The normalized spacial score (nSPS) is 12.6. The summed E-state index contributed by atoms with van der Waals surface area (Å²) in [4.78, 5) is 16.8. The Morgan fingerprint density at radius 1 is 1.33 bits per heavy atom. The molecule has 1 aliphatic heterocycles. The van der Waals surface area contributed by atoms with Crippen LogP contribution in [-0.4, -0.2) is 27.5 Å². The molecule has 0 fully saturated rings. The molecule has 0 unspecified atom stereocenters. The highest BCUT2D eigenvalue weighted by Gasteiger charge is 2.21. The van der Waals surface area contributed by atoms with Crippen molar-refractivity contribution in [1.82, 2.24) is 14.8 Å². The quantitative estimate of drug-likeness (QED) is 0.773. The van der Waals surface area contributed by atoms with Crippen LogP contribution in [0.15, 0.2) is 24.4 Å². The molecule has 0 saturated carbocycles. The largest absolute Gasteiger partial charge is 0.454 e. The molecular weight excluding hydrogens is 332 g/mol. The summed E-state index contributed by atoms with van der Waals surface area (Å²) in [5.41, 5.74) is 2.57. The summed E-state index contributed by atoms with van der Waals surface area (Å²) in [5, 5.41) is 8.35. The SMILES string of the molecule is Cc1nn(C)c2ncc(NC(=O)c3cc(Cl)c4c(c3)OCO4)cc12. The van der Waals surface area contributed by atoms with Gasteiger partial charge >= 0.3 is 0 Å². The van der Waals surface area contributed by atoms with Gasteiger partial charge in [0.15, 0.2) is 17.1 Å². The predicted molar refractivity (Wildman–Crippen MR) is 88.8 cm³/mol. The molecule has 122 valence electrons. The zero-order chi connectivity index (χ0) is 16.8. The van der Waals surface area contributed by atoms with Crippen LogP contribution >= 0.6 is 11.6 Å². The summed E-state index contributed by atoms with van der Waals surface area (Å²) in [7, 11) is 1.83. The Bertz CT molecular complexity index is 983. The molecule has 8 heteroatoms. The van der Waals surface area contributed by atoms with Gasteiger partial charge in [0.2, 0.25) is 6.79 Å². The van der Waals surface area contributed by atoms with Crippen molar-refractivity contribution in [3.05, 3.63) is 40.7 Å². The molecule has 2 aromatic heterocycles. The highest BCUT2D eigenvalue weighted by atomic mass is 35.5. The van der Waals surface area contributed by atoms with Crippen LogP contribution in [0.3, 0.4) is 0 Å². The van der Waals surface area contributed by atoms with Gasteiger partial charge in [-0.1, -0.05) is 11.6 Å². The number of hydrogen-bond donors (Lipinski definition) is 1. The molecule has 3 aromatic rings. The third kappa shape index (κ3) is 2.33. The predicted octanol–water partition coefficient (Wildman–Crippen LogP) is 2.91. The molecule has 1 amide bonds. The number of carbonyl (C=O) groups excluding carboxylic acids is 1. The molecule has 1 aliphatic rings. The number of amides is 1. The molecule has 0 spiro atoms. The van der Waals surface area contributed by atoms with Crippen molar-refractivity contribution in [2.45, 2.75) is 6.92 Å². The second kappa shape index (κ2) is 5.38. The van der Waals surface area contributed by atoms with Crippen molar-refractivity contribution in [2.24, 2.45) is 7.05 Å². The van der Waals surface area contributed by atoms with Gasteiger partial charge < -0.3 is 14.8 Å². The summed E-state index contributed by atoms with van der Waals surface area (Å²) >= 11 is 6.12. The van der Waals surface area contributed by atoms with Gasteiger partial charge in [0, 0.05) is 18.0 Å². The van der Waals surface area contributed by atoms with E-state index in [9.17, 15) is 4.79 Å². The van der Waals surface area contributed by atoms with Gasteiger partial charge in [-0.2, -0.15) is 5.10 Å². The van der Waals surface area contributed by atoms with E-state index in [4.69, 9.17) is 21.1 Å². The van der Waals surface area contributed by atoms with Crippen molar-refractivity contribution in [3.8, 4) is 11.5 Å². The lowest BCUT2D eigenvalue weighted by atomic mass is 10.2. The molecule has 24 heavy (non-hydrogen) atoms. The Kier molecular flexibility index (Phi) is 3.31. The van der Waals surface area contributed by atoms with Crippen molar-refractivity contribution in [1.29, 1.82) is 0 Å². The maximum atomic E-state index is 12.5. The fourth-order valence-electron chi connectivity index (χ4n) is 2.68. The van der Waals surface area contributed by atoms with Crippen molar-refractivity contribution < 1.29 is 14.3 Å². The van der Waals surface area contributed by atoms with Gasteiger partial charge in [-0.25, -0.2) is 4.98 Å². The Morgan fingerprint density at radius 2 is 2.17 bits per heavy atom. The van der Waals surface area contributed by atoms with Gasteiger partial charge in [-0.3, -0.25) is 9.48 Å². The van der Waals surface area contributed by atoms with Gasteiger partial charge in [0.05, 0.1) is 22.6 Å². The Balaban J connectivity index is 1.65. The monoisotopic (exact) mass is 344 g/mol. The van der Waals surface area contributed by atoms with E-state index in [0.29, 0.717) is 27.8 Å². The number of benzene rings is 1. The number of fused-ring (bicyclic) bond motifs is 2. The lowest BCUT2D eigenvalue weighted by molar-refractivity contribution is 0.102. The Labute approximate surface area is 142 Å². The number of hydrogen-bond acceptors (Lipinski definition) is 5. The minimum absolute atomic E-state index is 0.0982. The third-order valence-corrected chi connectivity index (χ3v) is 4.09. The summed E-state index contributed by atoms with van der Waals surface area (Å²) in [6.07, 6.45) is 1.59. The van der Waals surface area contributed by atoms with Crippen LogP contribution in [0.25, 0.3) is 11.0 Å². The third-order valence-electron chi connectivity index (χ3n) is 3.81. The number of rotatable bonds is 2. The van der Waals surface area contributed by atoms with E-state index < -0.39 is 0 Å². The van der Waals surface area contributed by atoms with Crippen molar-refractivity contribution in [2.75, 3.05) is 12.1 Å². The van der Waals surface area contributed by atoms with E-state index >= 15 is 0 Å². The molecule has 3 heterocycles. The number of anilines is 1. The molecule has 7 nitrogen and oxygen atoms in total. The number of aryl methyl sites for hydroxylation is 2. The van der Waals surface area contributed by atoms with Gasteiger partial charge in [0.1, 0.15) is 0 Å². The molecule has 0 radical (unpaired) electrons. The highest BCUT2D eigenvalue weighted by Crippen LogP contribution is 2.39. The van der Waals surface area contributed by atoms with E-state index in [1.54, 1.807) is 23.0 Å². The first-order valence-electron chi connectivity index (χ1n) is 7.23. The van der Waals surface area contributed by atoms with Crippen LogP contribution in [0.5, 0.6) is 11.5 Å². The minimum atomic E-state index is -0.308. The summed E-state index contributed by atoms with van der Waals surface area (Å²) in [6, 6.07) is 4.99. The van der Waals surface area contributed by atoms with Crippen LogP contribution < -0.4 is 14.8 Å². The fourth-order valence-corrected chi connectivity index (χ4v) is 2.94. The smallest absolute Gasteiger partial charge is 0.255 e. The molecule has 4 rings (SSSR count). The maximum absolute atomic E-state index is 12.5. The second-order valence-electron chi connectivity index (χ2n) is 5.45. The molecule has 0 aliphatic carbocycles. The molecule has 1 N–H and O–H groups in total. The van der Waals surface area contributed by atoms with E-state index in [1.807, 2.05) is 20.0 Å². The van der Waals surface area contributed by atoms with Crippen LogP contribution in [0.2, 0.25) is 5.02 Å². The van der Waals surface area contributed by atoms with Gasteiger partial charge in [-0.05, 0) is 25.1 Å². The number of ether oxygens (including phenoxy) is 2. The molecule has 0 atom stereocenters. The zero-order valence-electron chi connectivity index (χ0n) is 13.0. The lowest BCUT2D eigenvalue weighted by Crippen LogP contribution is -2.12. The number of carbonyl (C=O) groups is 1. The fraction of sp³-hybridized carbons (Fsp3) is 0.188. The van der Waals surface area contributed by atoms with Gasteiger partial charge in [-0.15, -0.1) is 0 Å². The van der Waals surface area contributed by atoms with Crippen molar-refractivity contribution in [3.63, 3.8) is 0 Å². The summed E-state index contributed by atoms with van der Waals surface area (Å²) < 4.78 is 12.2. The summed E-state index contributed by atoms with van der Waals surface area (Å²) in [5.74, 6) is 0.615. The topological polar surface area (TPSA) is 78.3 Å². The Hall–Kier alpha value is -2.80. The van der Waals surface area contributed by atoms with E-state index in [1.165, 1.54) is 0 Å². The second-order valence-corrected chi connectivity index (χ2v) is 5.86. The summed E-state index contributed by atoms with van der Waals surface area (Å²) in [6.45, 7) is 1.99.